The lowest BCUT2D eigenvalue weighted by atomic mass is 10.0. The van der Waals surface area contributed by atoms with Gasteiger partial charge in [-0.05, 0) is 12.1 Å². The average Bonchev–Trinajstić information content (AvgIpc) is 2.41. The average molecular weight is 248 g/mol. The molecule has 1 fully saturated rings. The number of carbonyl (C=O) groups excluding carboxylic acids is 2. The smallest absolute Gasteiger partial charge is 0.249 e. The molecule has 1 saturated carbocycles. The minimum Gasteiger partial charge on any atom is -0.366 e. The molecule has 0 bridgehead atoms. The molecule has 2 amide bonds. The van der Waals surface area contributed by atoms with Crippen molar-refractivity contribution in [1.29, 1.82) is 0 Å². The number of amides is 2. The van der Waals surface area contributed by atoms with Crippen molar-refractivity contribution in [2.45, 2.75) is 38.5 Å². The molecule has 4 heteroatoms. The van der Waals surface area contributed by atoms with Crippen molar-refractivity contribution < 1.29 is 9.59 Å². The molecule has 1 aromatic carbocycles. The number of primary amides is 2. The van der Waals surface area contributed by atoms with Crippen LogP contribution in [0.15, 0.2) is 24.3 Å². The molecule has 0 aliphatic heterocycles. The van der Waals surface area contributed by atoms with Gasteiger partial charge in [0.05, 0.1) is 11.1 Å². The first-order chi connectivity index (χ1) is 8.63. The Kier molecular flexibility index (Phi) is 5.91. The maximum Gasteiger partial charge on any atom is 0.249 e. The van der Waals surface area contributed by atoms with Gasteiger partial charge in [0.15, 0.2) is 0 Å². The largest absolute Gasteiger partial charge is 0.366 e. The Balaban J connectivity index is 0.000000225. The van der Waals surface area contributed by atoms with Crippen molar-refractivity contribution in [3.63, 3.8) is 0 Å². The van der Waals surface area contributed by atoms with Gasteiger partial charge in [-0.2, -0.15) is 0 Å². The van der Waals surface area contributed by atoms with Crippen LogP contribution in [0.4, 0.5) is 0 Å². The van der Waals surface area contributed by atoms with Gasteiger partial charge in [-0.25, -0.2) is 0 Å². The zero-order chi connectivity index (χ0) is 13.4. The summed E-state index contributed by atoms with van der Waals surface area (Å²) in [6, 6.07) is 6.16. The van der Waals surface area contributed by atoms with E-state index >= 15 is 0 Å². The van der Waals surface area contributed by atoms with Crippen molar-refractivity contribution in [2.24, 2.45) is 11.5 Å². The van der Waals surface area contributed by atoms with Crippen LogP contribution in [0.3, 0.4) is 0 Å². The van der Waals surface area contributed by atoms with Crippen molar-refractivity contribution >= 4 is 11.8 Å². The Morgan fingerprint density at radius 3 is 1.22 bits per heavy atom. The monoisotopic (exact) mass is 248 g/mol. The fraction of sp³-hybridized carbons (Fsp3) is 0.429. The Bertz CT molecular complexity index is 368. The summed E-state index contributed by atoms with van der Waals surface area (Å²) in [6.45, 7) is 0. The number of carbonyl (C=O) groups is 2. The third kappa shape index (κ3) is 4.57. The van der Waals surface area contributed by atoms with Gasteiger partial charge in [0.25, 0.3) is 0 Å². The minimum absolute atomic E-state index is 0.157. The van der Waals surface area contributed by atoms with Crippen LogP contribution in [0.25, 0.3) is 0 Å². The molecule has 0 heterocycles. The molecule has 0 atom stereocenters. The third-order valence-electron chi connectivity index (χ3n) is 2.96. The molecule has 0 radical (unpaired) electrons. The summed E-state index contributed by atoms with van der Waals surface area (Å²) in [7, 11) is 0. The molecule has 0 unspecified atom stereocenters. The summed E-state index contributed by atoms with van der Waals surface area (Å²) in [5.41, 5.74) is 10.3. The zero-order valence-electron chi connectivity index (χ0n) is 10.5. The molecule has 4 N–H and O–H groups in total. The highest BCUT2D eigenvalue weighted by Crippen LogP contribution is 2.15. The van der Waals surface area contributed by atoms with E-state index in [1.165, 1.54) is 50.7 Å². The summed E-state index contributed by atoms with van der Waals surface area (Å²) in [6.07, 6.45) is 9.00. The number of hydrogen-bond donors (Lipinski definition) is 2. The van der Waals surface area contributed by atoms with Crippen molar-refractivity contribution in [2.75, 3.05) is 0 Å². The normalized spacial score (nSPS) is 14.2. The van der Waals surface area contributed by atoms with E-state index in [1.54, 1.807) is 12.1 Å². The van der Waals surface area contributed by atoms with Gasteiger partial charge < -0.3 is 11.5 Å². The summed E-state index contributed by atoms with van der Waals surface area (Å²) in [5.74, 6) is -1.30. The molecule has 98 valence electrons. The first-order valence-corrected chi connectivity index (χ1v) is 6.31. The Morgan fingerprint density at radius 1 is 0.722 bits per heavy atom. The predicted octanol–water partition coefficient (Wildman–Crippen LogP) is 2.23. The van der Waals surface area contributed by atoms with Gasteiger partial charge in [0, 0.05) is 0 Å². The van der Waals surface area contributed by atoms with E-state index in [-0.39, 0.29) is 11.1 Å². The highest BCUT2D eigenvalue weighted by Gasteiger charge is 2.10. The summed E-state index contributed by atoms with van der Waals surface area (Å²) in [4.78, 5) is 21.5. The van der Waals surface area contributed by atoms with E-state index in [2.05, 4.69) is 0 Å². The Morgan fingerprint density at radius 2 is 1.00 bits per heavy atom. The van der Waals surface area contributed by atoms with E-state index < -0.39 is 11.8 Å². The van der Waals surface area contributed by atoms with Gasteiger partial charge in [0.1, 0.15) is 0 Å². The fourth-order valence-electron chi connectivity index (χ4n) is 1.97. The molecule has 18 heavy (non-hydrogen) atoms. The highest BCUT2D eigenvalue weighted by atomic mass is 16.2. The molecule has 0 spiro atoms. The third-order valence-corrected chi connectivity index (χ3v) is 2.96. The molecule has 1 aromatic rings. The topological polar surface area (TPSA) is 86.2 Å². The Labute approximate surface area is 107 Å². The highest BCUT2D eigenvalue weighted by molar-refractivity contribution is 6.06. The van der Waals surface area contributed by atoms with Crippen molar-refractivity contribution in [3.05, 3.63) is 35.4 Å². The number of nitrogens with two attached hydrogens (primary N) is 2. The number of hydrogen-bond acceptors (Lipinski definition) is 2. The molecule has 0 aromatic heterocycles. The maximum atomic E-state index is 10.7. The molecule has 4 nitrogen and oxygen atoms in total. The second-order valence-corrected chi connectivity index (χ2v) is 4.40. The van der Waals surface area contributed by atoms with Crippen LogP contribution >= 0.6 is 0 Å². The van der Waals surface area contributed by atoms with Crippen LogP contribution in [-0.4, -0.2) is 11.8 Å². The van der Waals surface area contributed by atoms with E-state index in [1.807, 2.05) is 0 Å². The molecule has 2 rings (SSSR count). The van der Waals surface area contributed by atoms with Crippen LogP contribution in [0.1, 0.15) is 59.2 Å². The lowest BCUT2D eigenvalue weighted by Gasteiger charge is -2.05. The second kappa shape index (κ2) is 7.48. The van der Waals surface area contributed by atoms with E-state index in [4.69, 9.17) is 11.5 Å². The van der Waals surface area contributed by atoms with E-state index in [9.17, 15) is 9.59 Å². The summed E-state index contributed by atoms with van der Waals surface area (Å²) >= 11 is 0. The van der Waals surface area contributed by atoms with Gasteiger partial charge in [-0.15, -0.1) is 0 Å². The summed E-state index contributed by atoms with van der Waals surface area (Å²) in [5, 5.41) is 0. The lowest BCUT2D eigenvalue weighted by Crippen LogP contribution is -2.20. The minimum atomic E-state index is -0.649. The summed E-state index contributed by atoms with van der Waals surface area (Å²) < 4.78 is 0. The quantitative estimate of drug-likeness (QED) is 0.840. The van der Waals surface area contributed by atoms with Crippen LogP contribution in [-0.2, 0) is 0 Å². The van der Waals surface area contributed by atoms with Gasteiger partial charge >= 0.3 is 0 Å². The molecular weight excluding hydrogens is 228 g/mol. The lowest BCUT2D eigenvalue weighted by molar-refractivity contribution is 0.0967. The predicted molar refractivity (Wildman–Crippen MR) is 71.2 cm³/mol. The van der Waals surface area contributed by atoms with Crippen LogP contribution < -0.4 is 11.5 Å². The maximum absolute atomic E-state index is 10.7. The number of rotatable bonds is 2. The number of benzene rings is 1. The zero-order valence-corrected chi connectivity index (χ0v) is 10.5. The van der Waals surface area contributed by atoms with Gasteiger partial charge in [-0.1, -0.05) is 50.7 Å². The van der Waals surface area contributed by atoms with Crippen molar-refractivity contribution in [3.8, 4) is 0 Å². The molecular formula is C14H20N2O2. The van der Waals surface area contributed by atoms with E-state index in [0.29, 0.717) is 0 Å². The molecule has 0 saturated heterocycles. The van der Waals surface area contributed by atoms with Gasteiger partial charge in [-0.3, -0.25) is 9.59 Å². The van der Waals surface area contributed by atoms with Crippen LogP contribution in [0, 0.1) is 0 Å². The van der Waals surface area contributed by atoms with E-state index in [0.717, 1.165) is 0 Å². The van der Waals surface area contributed by atoms with Crippen LogP contribution in [0.2, 0.25) is 0 Å². The SMILES string of the molecule is C1CCCCC1.NC(=O)c1ccccc1C(N)=O. The standard InChI is InChI=1S/C8H8N2O2.C6H12/c9-7(11)5-3-1-2-4-6(5)8(10)12;1-2-4-6-5-3-1/h1-4H,(H2,9,11)(H2,10,12);1-6H2. The van der Waals surface area contributed by atoms with Gasteiger partial charge in [0.2, 0.25) is 11.8 Å². The van der Waals surface area contributed by atoms with Crippen molar-refractivity contribution in [1.82, 2.24) is 0 Å². The first kappa shape index (κ1) is 14.2. The first-order valence-electron chi connectivity index (χ1n) is 6.31. The fourth-order valence-corrected chi connectivity index (χ4v) is 1.97. The van der Waals surface area contributed by atoms with Crippen LogP contribution in [0.5, 0.6) is 0 Å². The molecule has 1 aliphatic carbocycles. The Hall–Kier alpha value is -1.84. The molecule has 1 aliphatic rings. The second-order valence-electron chi connectivity index (χ2n) is 4.40.